The number of nitrogens with one attached hydrogen (secondary N) is 2. The van der Waals surface area contributed by atoms with E-state index >= 15 is 0 Å². The number of carbonyl (C=O) groups excluding carboxylic acids is 4. The van der Waals surface area contributed by atoms with E-state index in [0.29, 0.717) is 45.6 Å². The maximum absolute atomic E-state index is 13.0. The average Bonchev–Trinajstić information content (AvgIpc) is 3.65. The molecule has 0 radical (unpaired) electrons. The minimum atomic E-state index is -0.681. The van der Waals surface area contributed by atoms with Gasteiger partial charge in [-0.05, 0) is 98.2 Å². The van der Waals surface area contributed by atoms with Crippen molar-refractivity contribution in [1.29, 1.82) is 0 Å². The van der Waals surface area contributed by atoms with Gasteiger partial charge in [0.1, 0.15) is 32.7 Å². The van der Waals surface area contributed by atoms with Crippen LogP contribution in [-0.4, -0.2) is 49.2 Å². The normalized spacial score (nSPS) is 16.3. The summed E-state index contributed by atoms with van der Waals surface area (Å²) in [4.78, 5) is 59.2. The minimum Gasteiger partial charge on any atom is -0.511 e. The maximum Gasteiger partial charge on any atom is 0.316 e. The molecule has 2 aliphatic heterocycles. The van der Waals surface area contributed by atoms with Crippen LogP contribution < -0.4 is 10.6 Å². The summed E-state index contributed by atoms with van der Waals surface area (Å²) in [5, 5.41) is 18.7. The van der Waals surface area contributed by atoms with Crippen molar-refractivity contribution in [1.82, 2.24) is 20.6 Å². The van der Waals surface area contributed by atoms with E-state index in [9.17, 15) is 24.3 Å². The van der Waals surface area contributed by atoms with E-state index in [1.54, 1.807) is 53.7 Å². The molecule has 2 aliphatic rings. The van der Waals surface area contributed by atoms with Gasteiger partial charge in [0.2, 0.25) is 5.24 Å². The van der Waals surface area contributed by atoms with Crippen LogP contribution in [0.2, 0.25) is 10.0 Å². The molecular weight excluding hydrogens is 851 g/mol. The number of aliphatic hydroxyl groups is 1. The Morgan fingerprint density at radius 3 is 1.53 bits per heavy atom. The van der Waals surface area contributed by atoms with Gasteiger partial charge in [0, 0.05) is 60.3 Å². The highest BCUT2D eigenvalue weighted by atomic mass is 35.5. The van der Waals surface area contributed by atoms with E-state index in [1.807, 2.05) is 77.9 Å². The lowest BCUT2D eigenvalue weighted by atomic mass is 9.90. The molecule has 0 unspecified atom stereocenters. The number of halogens is 3. The summed E-state index contributed by atoms with van der Waals surface area (Å²) in [5.41, 5.74) is 1.41. The first kappa shape index (κ1) is 47.6. The van der Waals surface area contributed by atoms with E-state index in [4.69, 9.17) is 44.5 Å². The van der Waals surface area contributed by atoms with Crippen molar-refractivity contribution in [3.63, 3.8) is 0 Å². The maximum atomic E-state index is 13.0. The molecule has 59 heavy (non-hydrogen) atoms. The number of carbonyl (C=O) groups is 4. The zero-order valence-electron chi connectivity index (χ0n) is 35.4. The smallest absolute Gasteiger partial charge is 0.316 e. The molecule has 4 heterocycles. The van der Waals surface area contributed by atoms with Crippen LogP contribution in [0.25, 0.3) is 32.3 Å². The van der Waals surface area contributed by atoms with Gasteiger partial charge in [-0.25, -0.2) is 9.97 Å². The van der Waals surface area contributed by atoms with Gasteiger partial charge in [0.05, 0.1) is 16.8 Å². The Kier molecular flexibility index (Phi) is 14.7. The van der Waals surface area contributed by atoms with E-state index < -0.39 is 16.5 Å². The molecule has 2 aromatic heterocycles. The molecule has 0 aliphatic carbocycles. The van der Waals surface area contributed by atoms with Crippen LogP contribution in [0.15, 0.2) is 60.0 Å². The molecular formula is C44H51Cl3N4O6S2. The number of nitrogens with zero attached hydrogens (tertiary/aromatic N) is 2. The molecule has 0 spiro atoms. The zero-order valence-corrected chi connectivity index (χ0v) is 39.3. The number of rotatable bonds is 5. The third-order valence-corrected chi connectivity index (χ3v) is 11.8. The van der Waals surface area contributed by atoms with Crippen LogP contribution in [0.5, 0.6) is 0 Å². The van der Waals surface area contributed by atoms with Crippen molar-refractivity contribution in [2.24, 2.45) is 10.8 Å². The molecule has 6 rings (SSSR count). The fourth-order valence-corrected chi connectivity index (χ4v) is 7.88. The predicted molar refractivity (Wildman–Crippen MR) is 241 cm³/mol. The average molecular weight is 902 g/mol. The number of thiazole rings is 2. The first-order valence-corrected chi connectivity index (χ1v) is 21.6. The van der Waals surface area contributed by atoms with Crippen molar-refractivity contribution >= 4 is 91.6 Å². The summed E-state index contributed by atoms with van der Waals surface area (Å²) in [6.45, 7) is 22.1. The number of hydrogen-bond donors (Lipinski definition) is 3. The predicted octanol–water partition coefficient (Wildman–Crippen LogP) is 11.5. The van der Waals surface area contributed by atoms with Gasteiger partial charge in [-0.2, -0.15) is 0 Å². The number of benzene rings is 2. The highest BCUT2D eigenvalue weighted by Crippen LogP contribution is 2.39. The summed E-state index contributed by atoms with van der Waals surface area (Å²) in [7, 11) is 0. The standard InChI is InChI=1S/C22H25ClN2O3S.C17H17ClN2O2S.C5H9ClO/c1-12-17(24-19(29-12)13-8-7-9-14(23)10-13)16-15(28-20(27)21(2,3)4)11-22(5,6)25-18(16)26;1-9-14(13-12(21)8-17(2,3)20-15(13)22)19-16(23-9)10-5-4-6-11(18)7-10;1-5(2,3)4(6)7/h7-10H,11H2,1-6H3,(H,25,26);4-7,21H,8H2,1-3H3,(H,20,22);1-3H3. The molecule has 0 bridgehead atoms. The number of esters is 1. The van der Waals surface area contributed by atoms with Gasteiger partial charge in [-0.1, -0.05) is 68.2 Å². The molecule has 10 nitrogen and oxygen atoms in total. The summed E-state index contributed by atoms with van der Waals surface area (Å²) >= 11 is 20.2. The molecule has 15 heteroatoms. The molecule has 316 valence electrons. The number of ether oxygens (including phenoxy) is 1. The highest BCUT2D eigenvalue weighted by Gasteiger charge is 2.39. The summed E-state index contributed by atoms with van der Waals surface area (Å²) in [5.74, 6) is -0.498. The second-order valence-corrected chi connectivity index (χ2v) is 21.3. The van der Waals surface area contributed by atoms with Crippen LogP contribution in [0.1, 0.15) is 103 Å². The van der Waals surface area contributed by atoms with Crippen molar-refractivity contribution in [3.05, 3.63) is 91.2 Å². The number of aromatic nitrogens is 2. The first-order chi connectivity index (χ1) is 27.1. The second kappa shape index (κ2) is 18.3. The van der Waals surface area contributed by atoms with Gasteiger partial charge in [0.25, 0.3) is 11.8 Å². The fourth-order valence-electron chi connectivity index (χ4n) is 5.67. The van der Waals surface area contributed by atoms with E-state index in [-0.39, 0.29) is 39.8 Å². The van der Waals surface area contributed by atoms with Crippen molar-refractivity contribution in [2.45, 2.75) is 107 Å². The van der Waals surface area contributed by atoms with Gasteiger partial charge in [-0.15, -0.1) is 22.7 Å². The van der Waals surface area contributed by atoms with Gasteiger partial charge < -0.3 is 20.5 Å². The third-order valence-electron chi connectivity index (χ3n) is 8.77. The zero-order chi connectivity index (χ0) is 44.4. The lowest BCUT2D eigenvalue weighted by Crippen LogP contribution is -2.48. The van der Waals surface area contributed by atoms with Gasteiger partial charge in [-0.3, -0.25) is 19.2 Å². The van der Waals surface area contributed by atoms with Crippen LogP contribution in [0, 0.1) is 24.7 Å². The Morgan fingerprint density at radius 1 is 0.729 bits per heavy atom. The van der Waals surface area contributed by atoms with E-state index in [1.165, 1.54) is 22.7 Å². The van der Waals surface area contributed by atoms with Crippen LogP contribution in [0.3, 0.4) is 0 Å². The lowest BCUT2D eigenvalue weighted by Gasteiger charge is -2.33. The molecule has 2 amide bonds. The van der Waals surface area contributed by atoms with Crippen LogP contribution in [-0.2, 0) is 23.9 Å². The first-order valence-electron chi connectivity index (χ1n) is 18.8. The van der Waals surface area contributed by atoms with E-state index in [0.717, 1.165) is 30.9 Å². The van der Waals surface area contributed by atoms with Gasteiger partial charge >= 0.3 is 5.97 Å². The third kappa shape index (κ3) is 12.5. The lowest BCUT2D eigenvalue weighted by molar-refractivity contribution is -0.149. The Hall–Kier alpha value is -4.07. The highest BCUT2D eigenvalue weighted by molar-refractivity contribution is 7.15. The molecule has 0 saturated carbocycles. The number of hydrogen-bond acceptors (Lipinski definition) is 10. The fraction of sp³-hybridized carbons (Fsp3) is 0.409. The Morgan fingerprint density at radius 2 is 1.14 bits per heavy atom. The minimum absolute atomic E-state index is 0.0878. The molecule has 3 N–H and O–H groups in total. The van der Waals surface area contributed by atoms with Crippen LogP contribution >= 0.6 is 57.5 Å². The van der Waals surface area contributed by atoms with E-state index in [2.05, 4.69) is 15.6 Å². The number of amides is 2. The molecule has 2 aromatic carbocycles. The largest absolute Gasteiger partial charge is 0.511 e. The van der Waals surface area contributed by atoms with Crippen molar-refractivity contribution < 1.29 is 29.0 Å². The Balaban J connectivity index is 0.000000229. The van der Waals surface area contributed by atoms with Crippen LogP contribution in [0.4, 0.5) is 0 Å². The quantitative estimate of drug-likeness (QED) is 0.132. The number of aliphatic hydroxyl groups excluding tert-OH is 1. The van der Waals surface area contributed by atoms with Gasteiger partial charge in [0.15, 0.2) is 0 Å². The molecule has 0 fully saturated rings. The Bertz CT molecular complexity index is 2350. The molecule has 0 atom stereocenters. The topological polar surface area (TPSA) is 148 Å². The van der Waals surface area contributed by atoms with Crippen molar-refractivity contribution in [2.75, 3.05) is 0 Å². The van der Waals surface area contributed by atoms with Crippen molar-refractivity contribution in [3.8, 4) is 21.1 Å². The summed E-state index contributed by atoms with van der Waals surface area (Å²) < 4.78 is 5.74. The Labute approximate surface area is 369 Å². The second-order valence-electron chi connectivity index (χ2n) is 17.7. The summed E-state index contributed by atoms with van der Waals surface area (Å²) in [6.07, 6.45) is 0.789. The SMILES string of the molecule is CC(C)(C)C(=O)Cl.Cc1sc(-c2cccc(Cl)c2)nc1C1=C(O)CC(C)(C)NC1=O.Cc1sc(-c2cccc(Cl)c2)nc1C1=C(OC(=O)C(C)(C)C)CC(C)(C)NC1=O. The monoisotopic (exact) mass is 900 g/mol. The molecule has 4 aromatic rings. The molecule has 0 saturated heterocycles. The summed E-state index contributed by atoms with van der Waals surface area (Å²) in [6, 6.07) is 14.8. The number of aryl methyl sites for hydroxylation is 2.